The van der Waals surface area contributed by atoms with E-state index in [-0.39, 0.29) is 6.03 Å². The number of halogens is 2. The molecule has 0 aliphatic carbocycles. The van der Waals surface area contributed by atoms with Gasteiger partial charge in [0.15, 0.2) is 0 Å². The first-order valence-electron chi connectivity index (χ1n) is 8.55. The number of amides is 2. The molecule has 1 aliphatic heterocycles. The summed E-state index contributed by atoms with van der Waals surface area (Å²) in [6.45, 7) is 5.47. The third kappa shape index (κ3) is 4.74. The fourth-order valence-corrected chi connectivity index (χ4v) is 3.44. The maximum absolute atomic E-state index is 12.4. The average Bonchev–Trinajstić information content (AvgIpc) is 2.62. The first kappa shape index (κ1) is 18.7. The van der Waals surface area contributed by atoms with Crippen molar-refractivity contribution in [2.75, 3.05) is 43.0 Å². The number of hydrogen-bond donors (Lipinski definition) is 1. The van der Waals surface area contributed by atoms with Crippen LogP contribution < -0.4 is 15.0 Å². The Labute approximate surface area is 163 Å². The monoisotopic (exact) mass is 393 g/mol. The van der Waals surface area contributed by atoms with Crippen molar-refractivity contribution >= 4 is 40.6 Å². The quantitative estimate of drug-likeness (QED) is 0.814. The van der Waals surface area contributed by atoms with Crippen LogP contribution in [0.25, 0.3) is 0 Å². The lowest BCUT2D eigenvalue weighted by Crippen LogP contribution is -2.50. The number of piperazine rings is 1. The molecule has 2 amide bonds. The molecule has 3 rings (SSSR count). The highest BCUT2D eigenvalue weighted by Crippen LogP contribution is 2.24. The maximum atomic E-state index is 12.4. The summed E-state index contributed by atoms with van der Waals surface area (Å²) in [4.78, 5) is 16.5. The molecule has 1 N–H and O–H groups in total. The Morgan fingerprint density at radius 1 is 1.04 bits per heavy atom. The largest absolute Gasteiger partial charge is 0.494 e. The fourth-order valence-electron chi connectivity index (χ4n) is 2.92. The van der Waals surface area contributed by atoms with Crippen LogP contribution in [0.1, 0.15) is 6.92 Å². The van der Waals surface area contributed by atoms with E-state index in [4.69, 9.17) is 27.9 Å². The van der Waals surface area contributed by atoms with Gasteiger partial charge in [-0.25, -0.2) is 4.79 Å². The zero-order valence-electron chi connectivity index (χ0n) is 14.5. The predicted octanol–water partition coefficient (Wildman–Crippen LogP) is 4.75. The van der Waals surface area contributed by atoms with Gasteiger partial charge < -0.3 is 19.9 Å². The second-order valence-electron chi connectivity index (χ2n) is 5.99. The first-order valence-corrected chi connectivity index (χ1v) is 9.30. The highest BCUT2D eigenvalue weighted by atomic mass is 35.5. The van der Waals surface area contributed by atoms with E-state index in [2.05, 4.69) is 22.3 Å². The van der Waals surface area contributed by atoms with Crippen LogP contribution in [-0.2, 0) is 0 Å². The van der Waals surface area contributed by atoms with Gasteiger partial charge in [0, 0.05) is 47.6 Å². The summed E-state index contributed by atoms with van der Waals surface area (Å²) in [6, 6.07) is 12.9. The molecule has 0 aromatic heterocycles. The van der Waals surface area contributed by atoms with E-state index in [9.17, 15) is 4.79 Å². The summed E-state index contributed by atoms with van der Waals surface area (Å²) >= 11 is 11.9. The van der Waals surface area contributed by atoms with Gasteiger partial charge in [0.1, 0.15) is 5.75 Å². The Morgan fingerprint density at radius 2 is 1.65 bits per heavy atom. The van der Waals surface area contributed by atoms with Crippen molar-refractivity contribution in [3.8, 4) is 5.75 Å². The zero-order valence-corrected chi connectivity index (χ0v) is 16.1. The minimum Gasteiger partial charge on any atom is -0.494 e. The Hall–Kier alpha value is -2.11. The predicted molar refractivity (Wildman–Crippen MR) is 107 cm³/mol. The van der Waals surface area contributed by atoms with Crippen molar-refractivity contribution in [1.29, 1.82) is 0 Å². The van der Waals surface area contributed by atoms with Gasteiger partial charge in [0.25, 0.3) is 0 Å². The molecule has 2 aromatic rings. The third-order valence-electron chi connectivity index (χ3n) is 4.19. The molecule has 1 aliphatic rings. The lowest BCUT2D eigenvalue weighted by atomic mass is 10.2. The van der Waals surface area contributed by atoms with Gasteiger partial charge in [-0.2, -0.15) is 0 Å². The van der Waals surface area contributed by atoms with Gasteiger partial charge in [-0.1, -0.05) is 23.2 Å². The molecule has 0 radical (unpaired) electrons. The Bertz CT molecular complexity index is 740. The zero-order chi connectivity index (χ0) is 18.5. The second kappa shape index (κ2) is 8.52. The van der Waals surface area contributed by atoms with Crippen LogP contribution in [-0.4, -0.2) is 43.7 Å². The van der Waals surface area contributed by atoms with Crippen molar-refractivity contribution in [1.82, 2.24) is 4.90 Å². The molecule has 26 heavy (non-hydrogen) atoms. The number of carbonyl (C=O) groups excluding carboxylic acids is 1. The smallest absolute Gasteiger partial charge is 0.321 e. The van der Waals surface area contributed by atoms with Crippen LogP contribution >= 0.6 is 23.2 Å². The van der Waals surface area contributed by atoms with E-state index in [1.807, 2.05) is 19.1 Å². The van der Waals surface area contributed by atoms with Crippen LogP contribution in [0, 0.1) is 0 Å². The fraction of sp³-hybridized carbons (Fsp3) is 0.316. The molecule has 1 fully saturated rings. The van der Waals surface area contributed by atoms with Crippen molar-refractivity contribution in [3.63, 3.8) is 0 Å². The van der Waals surface area contributed by atoms with Crippen molar-refractivity contribution < 1.29 is 9.53 Å². The normalized spacial score (nSPS) is 14.3. The van der Waals surface area contributed by atoms with Gasteiger partial charge in [-0.3, -0.25) is 0 Å². The summed E-state index contributed by atoms with van der Waals surface area (Å²) in [7, 11) is 0. The Balaban J connectivity index is 1.55. The minimum atomic E-state index is -0.144. The molecule has 0 spiro atoms. The molecule has 138 valence electrons. The number of benzene rings is 2. The van der Waals surface area contributed by atoms with Crippen molar-refractivity contribution in [3.05, 3.63) is 52.5 Å². The average molecular weight is 394 g/mol. The third-order valence-corrected chi connectivity index (χ3v) is 4.63. The van der Waals surface area contributed by atoms with E-state index in [0.29, 0.717) is 35.4 Å². The summed E-state index contributed by atoms with van der Waals surface area (Å²) < 4.78 is 5.47. The Morgan fingerprint density at radius 3 is 2.23 bits per heavy atom. The van der Waals surface area contributed by atoms with E-state index in [1.54, 1.807) is 23.1 Å². The van der Waals surface area contributed by atoms with Crippen LogP contribution in [0.4, 0.5) is 16.2 Å². The molecule has 5 nitrogen and oxygen atoms in total. The van der Waals surface area contributed by atoms with Gasteiger partial charge >= 0.3 is 6.03 Å². The first-order chi connectivity index (χ1) is 12.5. The van der Waals surface area contributed by atoms with Crippen molar-refractivity contribution in [2.24, 2.45) is 0 Å². The van der Waals surface area contributed by atoms with Gasteiger partial charge in [0.05, 0.1) is 6.61 Å². The molecule has 0 saturated carbocycles. The molecule has 0 atom stereocenters. The highest BCUT2D eigenvalue weighted by Gasteiger charge is 2.21. The standard InChI is InChI=1S/C19H21Cl2N3O2/c1-2-26-18-5-3-17(4-6-18)23-7-9-24(10-8-23)19(25)22-16-12-14(20)11-15(21)13-16/h3-6,11-13H,2,7-10H2,1H3,(H,22,25). The number of urea groups is 1. The van der Waals surface area contributed by atoms with E-state index < -0.39 is 0 Å². The summed E-state index contributed by atoms with van der Waals surface area (Å²) in [5.74, 6) is 0.870. The number of hydrogen-bond acceptors (Lipinski definition) is 3. The second-order valence-corrected chi connectivity index (χ2v) is 6.86. The lowest BCUT2D eigenvalue weighted by molar-refractivity contribution is 0.208. The number of anilines is 2. The number of rotatable bonds is 4. The molecule has 2 aromatic carbocycles. The number of carbonyl (C=O) groups is 1. The van der Waals surface area contributed by atoms with Gasteiger partial charge in [-0.15, -0.1) is 0 Å². The van der Waals surface area contributed by atoms with E-state index >= 15 is 0 Å². The maximum Gasteiger partial charge on any atom is 0.321 e. The summed E-state index contributed by atoms with van der Waals surface area (Å²) in [6.07, 6.45) is 0. The summed E-state index contributed by atoms with van der Waals surface area (Å²) in [5, 5.41) is 3.84. The minimum absolute atomic E-state index is 0.144. The van der Waals surface area contributed by atoms with E-state index in [1.165, 1.54) is 0 Å². The topological polar surface area (TPSA) is 44.8 Å². The molecule has 0 unspecified atom stereocenters. The molecule has 0 bridgehead atoms. The highest BCUT2D eigenvalue weighted by molar-refractivity contribution is 6.35. The van der Waals surface area contributed by atoms with E-state index in [0.717, 1.165) is 24.5 Å². The molecular weight excluding hydrogens is 373 g/mol. The van der Waals surface area contributed by atoms with Gasteiger partial charge in [0.2, 0.25) is 0 Å². The molecule has 1 heterocycles. The SMILES string of the molecule is CCOc1ccc(N2CCN(C(=O)Nc3cc(Cl)cc(Cl)c3)CC2)cc1. The summed E-state index contributed by atoms with van der Waals surface area (Å²) in [5.41, 5.74) is 1.73. The van der Waals surface area contributed by atoms with Crippen LogP contribution in [0.15, 0.2) is 42.5 Å². The van der Waals surface area contributed by atoms with Crippen LogP contribution in [0.3, 0.4) is 0 Å². The lowest BCUT2D eigenvalue weighted by Gasteiger charge is -2.36. The van der Waals surface area contributed by atoms with Crippen LogP contribution in [0.5, 0.6) is 5.75 Å². The Kier molecular flexibility index (Phi) is 6.12. The number of nitrogens with one attached hydrogen (secondary N) is 1. The number of nitrogens with zero attached hydrogens (tertiary/aromatic N) is 2. The van der Waals surface area contributed by atoms with Gasteiger partial charge in [-0.05, 0) is 49.4 Å². The van der Waals surface area contributed by atoms with Crippen molar-refractivity contribution in [2.45, 2.75) is 6.92 Å². The number of ether oxygens (including phenoxy) is 1. The molecule has 1 saturated heterocycles. The molecular formula is C19H21Cl2N3O2. The van der Waals surface area contributed by atoms with Crippen LogP contribution in [0.2, 0.25) is 10.0 Å². The molecule has 7 heteroatoms.